The highest BCUT2D eigenvalue weighted by Crippen LogP contribution is 2.23. The van der Waals surface area contributed by atoms with Crippen molar-refractivity contribution in [1.29, 1.82) is 0 Å². The van der Waals surface area contributed by atoms with Gasteiger partial charge in [0, 0.05) is 27.1 Å². The summed E-state index contributed by atoms with van der Waals surface area (Å²) in [6, 6.07) is 13.7. The van der Waals surface area contributed by atoms with Crippen molar-refractivity contribution in [3.05, 3.63) is 74.9 Å². The van der Waals surface area contributed by atoms with Crippen LogP contribution in [0.15, 0.2) is 58.1 Å². The molecule has 1 heterocycles. The standard InChI is InChI=1S/C26H31N3O7/c1-5-34-24(32)26(36-6-2,23(31)27-3)17-18-11-13-19(14-12-18)35-16-15-29-22(30)20-9-7-8-10-21(20)28(4)25(29)33/h7-14H,5-6,15-17H2,1-4H3,(H,27,31). The van der Waals surface area contributed by atoms with E-state index in [-0.39, 0.29) is 38.3 Å². The van der Waals surface area contributed by atoms with E-state index in [4.69, 9.17) is 14.2 Å². The van der Waals surface area contributed by atoms with Crippen LogP contribution in [0.1, 0.15) is 19.4 Å². The molecule has 0 fully saturated rings. The number of carbonyl (C=O) groups excluding carboxylic acids is 2. The topological polar surface area (TPSA) is 118 Å². The van der Waals surface area contributed by atoms with Crippen LogP contribution >= 0.6 is 0 Å². The molecule has 36 heavy (non-hydrogen) atoms. The Morgan fingerprint density at radius 2 is 1.69 bits per heavy atom. The summed E-state index contributed by atoms with van der Waals surface area (Å²) in [4.78, 5) is 50.7. The number of hydrogen-bond donors (Lipinski definition) is 1. The first kappa shape index (κ1) is 26.7. The van der Waals surface area contributed by atoms with Gasteiger partial charge >= 0.3 is 11.7 Å². The highest BCUT2D eigenvalue weighted by atomic mass is 16.6. The van der Waals surface area contributed by atoms with Crippen LogP contribution in [-0.4, -0.2) is 53.5 Å². The van der Waals surface area contributed by atoms with E-state index in [2.05, 4.69) is 5.32 Å². The van der Waals surface area contributed by atoms with Gasteiger partial charge in [-0.1, -0.05) is 24.3 Å². The average Bonchev–Trinajstić information content (AvgIpc) is 2.89. The number of fused-ring (bicyclic) bond motifs is 1. The van der Waals surface area contributed by atoms with Gasteiger partial charge in [0.15, 0.2) is 0 Å². The number of amides is 1. The Bertz CT molecular complexity index is 1340. The van der Waals surface area contributed by atoms with Gasteiger partial charge < -0.3 is 19.5 Å². The van der Waals surface area contributed by atoms with E-state index in [0.29, 0.717) is 22.2 Å². The third kappa shape index (κ3) is 5.33. The number of para-hydroxylation sites is 1. The summed E-state index contributed by atoms with van der Waals surface area (Å²) >= 11 is 0. The van der Waals surface area contributed by atoms with Crippen molar-refractivity contribution in [3.8, 4) is 5.75 Å². The normalized spacial score (nSPS) is 12.7. The molecule has 0 aliphatic heterocycles. The van der Waals surface area contributed by atoms with Gasteiger partial charge in [-0.2, -0.15) is 0 Å². The molecule has 3 rings (SSSR count). The number of aryl methyl sites for hydroxylation is 1. The van der Waals surface area contributed by atoms with E-state index < -0.39 is 23.2 Å². The van der Waals surface area contributed by atoms with E-state index in [0.717, 1.165) is 4.57 Å². The molecule has 0 saturated carbocycles. The minimum atomic E-state index is -1.81. The zero-order valence-corrected chi connectivity index (χ0v) is 20.9. The molecule has 1 atom stereocenters. The third-order valence-electron chi connectivity index (χ3n) is 5.81. The Morgan fingerprint density at radius 1 is 1.00 bits per heavy atom. The molecule has 10 heteroatoms. The second-order valence-electron chi connectivity index (χ2n) is 8.04. The first-order chi connectivity index (χ1) is 17.3. The van der Waals surface area contributed by atoms with Crippen molar-refractivity contribution in [2.24, 2.45) is 7.05 Å². The number of nitrogens with one attached hydrogen (secondary N) is 1. The SMILES string of the molecule is CCOC(=O)C(Cc1ccc(OCCn2c(=O)c3ccccc3n(C)c2=O)cc1)(OCC)C(=O)NC. The van der Waals surface area contributed by atoms with Crippen LogP contribution in [-0.2, 0) is 39.1 Å². The summed E-state index contributed by atoms with van der Waals surface area (Å²) in [5.41, 5.74) is -1.36. The first-order valence-corrected chi connectivity index (χ1v) is 11.7. The van der Waals surface area contributed by atoms with Gasteiger partial charge in [-0.25, -0.2) is 9.59 Å². The molecule has 2 aromatic carbocycles. The van der Waals surface area contributed by atoms with E-state index in [1.165, 1.54) is 11.6 Å². The average molecular weight is 498 g/mol. The fourth-order valence-corrected chi connectivity index (χ4v) is 4.02. The largest absolute Gasteiger partial charge is 0.492 e. The maximum atomic E-state index is 12.8. The number of rotatable bonds is 11. The third-order valence-corrected chi connectivity index (χ3v) is 5.81. The van der Waals surface area contributed by atoms with Gasteiger partial charge in [-0.05, 0) is 43.7 Å². The zero-order valence-electron chi connectivity index (χ0n) is 20.9. The molecule has 1 aromatic heterocycles. The Balaban J connectivity index is 1.74. The van der Waals surface area contributed by atoms with Crippen LogP contribution in [0.4, 0.5) is 0 Å². The van der Waals surface area contributed by atoms with Crippen LogP contribution in [0.5, 0.6) is 5.75 Å². The molecular weight excluding hydrogens is 466 g/mol. The Labute approximate surface area is 208 Å². The van der Waals surface area contributed by atoms with Gasteiger partial charge in [0.2, 0.25) is 5.60 Å². The van der Waals surface area contributed by atoms with Crippen molar-refractivity contribution < 1.29 is 23.8 Å². The van der Waals surface area contributed by atoms with Crippen molar-refractivity contribution in [2.45, 2.75) is 32.4 Å². The van der Waals surface area contributed by atoms with Gasteiger partial charge in [0.1, 0.15) is 12.4 Å². The molecule has 0 radical (unpaired) electrons. The van der Waals surface area contributed by atoms with Crippen LogP contribution in [0.25, 0.3) is 10.9 Å². The van der Waals surface area contributed by atoms with E-state index in [1.807, 2.05) is 0 Å². The van der Waals surface area contributed by atoms with E-state index >= 15 is 0 Å². The van der Waals surface area contributed by atoms with E-state index in [9.17, 15) is 19.2 Å². The van der Waals surface area contributed by atoms with Gasteiger partial charge in [0.05, 0.1) is 24.1 Å². The van der Waals surface area contributed by atoms with Crippen molar-refractivity contribution in [2.75, 3.05) is 26.9 Å². The lowest BCUT2D eigenvalue weighted by molar-refractivity contribution is -0.177. The predicted octanol–water partition coefficient (Wildman–Crippen LogP) is 1.41. The van der Waals surface area contributed by atoms with E-state index in [1.54, 1.807) is 69.4 Å². The number of hydrogen-bond acceptors (Lipinski definition) is 7. The van der Waals surface area contributed by atoms with Crippen LogP contribution in [0.2, 0.25) is 0 Å². The number of carbonyl (C=O) groups is 2. The number of aromatic nitrogens is 2. The number of likely N-dealkylation sites (N-methyl/N-ethyl adjacent to an activating group) is 1. The number of ether oxygens (including phenoxy) is 3. The Morgan fingerprint density at radius 3 is 2.33 bits per heavy atom. The molecule has 0 spiro atoms. The second kappa shape index (κ2) is 11.7. The Kier molecular flexibility index (Phi) is 8.65. The van der Waals surface area contributed by atoms with Crippen LogP contribution in [0, 0.1) is 0 Å². The number of nitrogens with zero attached hydrogens (tertiary/aromatic N) is 2. The molecule has 1 amide bonds. The molecule has 0 aliphatic rings. The monoisotopic (exact) mass is 497 g/mol. The lowest BCUT2D eigenvalue weighted by atomic mass is 9.93. The maximum Gasteiger partial charge on any atom is 0.348 e. The number of benzene rings is 2. The summed E-state index contributed by atoms with van der Waals surface area (Å²) in [5.74, 6) is -0.845. The molecule has 1 N–H and O–H groups in total. The molecule has 1 unspecified atom stereocenters. The van der Waals surface area contributed by atoms with Crippen molar-refractivity contribution in [3.63, 3.8) is 0 Å². The molecule has 0 bridgehead atoms. The lowest BCUT2D eigenvalue weighted by Crippen LogP contribution is -2.56. The molecule has 10 nitrogen and oxygen atoms in total. The second-order valence-corrected chi connectivity index (χ2v) is 8.04. The van der Waals surface area contributed by atoms with Crippen LogP contribution in [0.3, 0.4) is 0 Å². The molecule has 0 aliphatic carbocycles. The maximum absolute atomic E-state index is 12.8. The van der Waals surface area contributed by atoms with Gasteiger partial charge in [0.25, 0.3) is 11.5 Å². The minimum Gasteiger partial charge on any atom is -0.492 e. The fourth-order valence-electron chi connectivity index (χ4n) is 4.02. The smallest absolute Gasteiger partial charge is 0.348 e. The summed E-state index contributed by atoms with van der Waals surface area (Å²) < 4.78 is 19.1. The highest BCUT2D eigenvalue weighted by Gasteiger charge is 2.48. The van der Waals surface area contributed by atoms with Crippen LogP contribution < -0.4 is 21.3 Å². The molecular formula is C26H31N3O7. The highest BCUT2D eigenvalue weighted by molar-refractivity contribution is 6.06. The predicted molar refractivity (Wildman–Crippen MR) is 134 cm³/mol. The molecule has 0 saturated heterocycles. The van der Waals surface area contributed by atoms with Gasteiger partial charge in [-0.3, -0.25) is 18.7 Å². The minimum absolute atomic E-state index is 0.0256. The summed E-state index contributed by atoms with van der Waals surface area (Å²) in [6.45, 7) is 3.78. The van der Waals surface area contributed by atoms with Crippen molar-refractivity contribution in [1.82, 2.24) is 14.5 Å². The summed E-state index contributed by atoms with van der Waals surface area (Å²) in [7, 11) is 3.05. The summed E-state index contributed by atoms with van der Waals surface area (Å²) in [5, 5.41) is 2.94. The zero-order chi connectivity index (χ0) is 26.3. The van der Waals surface area contributed by atoms with Gasteiger partial charge in [-0.15, -0.1) is 0 Å². The summed E-state index contributed by atoms with van der Waals surface area (Å²) in [6.07, 6.45) is -0.0256. The Hall–Kier alpha value is -3.92. The van der Waals surface area contributed by atoms with Crippen molar-refractivity contribution >= 4 is 22.8 Å². The fraction of sp³-hybridized carbons (Fsp3) is 0.385. The molecule has 3 aromatic rings. The number of esters is 1. The molecule has 192 valence electrons. The lowest BCUT2D eigenvalue weighted by Gasteiger charge is -2.29. The quantitative estimate of drug-likeness (QED) is 0.314. The first-order valence-electron chi connectivity index (χ1n) is 11.7.